The van der Waals surface area contributed by atoms with Crippen molar-refractivity contribution in [2.45, 2.75) is 56.5 Å². The Balaban J connectivity index is 1.42. The maximum Gasteiger partial charge on any atom is 0.331 e. The van der Waals surface area contributed by atoms with Crippen LogP contribution in [0.3, 0.4) is 0 Å². The third kappa shape index (κ3) is 2.12. The number of carbonyl (C=O) groups excluding carboxylic acids is 5. The summed E-state index contributed by atoms with van der Waals surface area (Å²) in [5.41, 5.74) is -0.736. The lowest BCUT2D eigenvalue weighted by Crippen LogP contribution is -2.64. The van der Waals surface area contributed by atoms with Gasteiger partial charge in [-0.15, -0.1) is 0 Å². The summed E-state index contributed by atoms with van der Waals surface area (Å²) in [6, 6.07) is -1.10. The van der Waals surface area contributed by atoms with Gasteiger partial charge in [0, 0.05) is 20.1 Å². The van der Waals surface area contributed by atoms with Crippen molar-refractivity contribution in [3.05, 3.63) is 0 Å². The normalized spacial score (nSPS) is 37.7. The van der Waals surface area contributed by atoms with E-state index in [1.54, 1.807) is 11.9 Å². The van der Waals surface area contributed by atoms with Gasteiger partial charge in [0.1, 0.15) is 12.0 Å². The molecule has 2 spiro atoms. The fourth-order valence-corrected chi connectivity index (χ4v) is 5.28. The van der Waals surface area contributed by atoms with Crippen LogP contribution in [0.4, 0.5) is 9.59 Å². The lowest BCUT2D eigenvalue weighted by Gasteiger charge is -2.58. The summed E-state index contributed by atoms with van der Waals surface area (Å²) in [5.74, 6) is -1.13. The van der Waals surface area contributed by atoms with E-state index in [-0.39, 0.29) is 29.8 Å². The van der Waals surface area contributed by atoms with E-state index in [1.165, 1.54) is 16.8 Å². The smallest absolute Gasteiger partial charge is 0.313 e. The Hall–Kier alpha value is -2.45. The second-order valence-electron chi connectivity index (χ2n) is 8.12. The zero-order valence-electron chi connectivity index (χ0n) is 14.9. The number of nitrogens with one attached hydrogen (secondary N) is 1. The summed E-state index contributed by atoms with van der Waals surface area (Å²) >= 11 is 0. The molecule has 2 aliphatic heterocycles. The molecular formula is C17H22N4O5. The Morgan fingerprint density at radius 3 is 2.12 bits per heavy atom. The summed E-state index contributed by atoms with van der Waals surface area (Å²) in [6.45, 7) is 0. The van der Waals surface area contributed by atoms with Crippen LogP contribution < -0.4 is 5.32 Å². The molecule has 140 valence electrons. The van der Waals surface area contributed by atoms with Gasteiger partial charge in [-0.3, -0.25) is 29.5 Å². The van der Waals surface area contributed by atoms with Crippen LogP contribution in [-0.2, 0) is 14.4 Å². The van der Waals surface area contributed by atoms with Crippen LogP contribution in [0.1, 0.15) is 44.9 Å². The minimum Gasteiger partial charge on any atom is -0.313 e. The second-order valence-corrected chi connectivity index (χ2v) is 8.12. The largest absolute Gasteiger partial charge is 0.331 e. The minimum absolute atomic E-state index is 0.0169. The summed E-state index contributed by atoms with van der Waals surface area (Å²) in [7, 11) is 3.19. The van der Waals surface area contributed by atoms with Crippen molar-refractivity contribution in [1.82, 2.24) is 20.0 Å². The van der Waals surface area contributed by atoms with Crippen molar-refractivity contribution >= 4 is 29.8 Å². The van der Waals surface area contributed by atoms with Crippen LogP contribution >= 0.6 is 0 Å². The number of imide groups is 3. The summed E-state index contributed by atoms with van der Waals surface area (Å²) in [6.07, 6.45) is 3.89. The molecule has 2 saturated heterocycles. The molecule has 2 saturated carbocycles. The molecule has 0 aromatic rings. The van der Waals surface area contributed by atoms with E-state index in [9.17, 15) is 24.0 Å². The van der Waals surface area contributed by atoms with Gasteiger partial charge >= 0.3 is 12.1 Å². The Bertz CT molecular complexity index is 711. The predicted molar refractivity (Wildman–Crippen MR) is 87.6 cm³/mol. The molecule has 0 radical (unpaired) electrons. The van der Waals surface area contributed by atoms with Crippen LogP contribution in [0.15, 0.2) is 0 Å². The molecule has 2 heterocycles. The van der Waals surface area contributed by atoms with Gasteiger partial charge in [-0.25, -0.2) is 9.59 Å². The van der Waals surface area contributed by atoms with Crippen LogP contribution in [0, 0.1) is 5.41 Å². The van der Waals surface area contributed by atoms with Gasteiger partial charge in [-0.1, -0.05) is 0 Å². The number of hydrogen-bond donors (Lipinski definition) is 1. The van der Waals surface area contributed by atoms with E-state index in [2.05, 4.69) is 5.32 Å². The number of urea groups is 2. The van der Waals surface area contributed by atoms with Gasteiger partial charge in [0.05, 0.1) is 0 Å². The molecule has 4 aliphatic rings. The van der Waals surface area contributed by atoms with Gasteiger partial charge in [0.2, 0.25) is 11.8 Å². The first kappa shape index (κ1) is 17.0. The lowest BCUT2D eigenvalue weighted by molar-refractivity contribution is -0.149. The van der Waals surface area contributed by atoms with Gasteiger partial charge < -0.3 is 4.90 Å². The average molecular weight is 362 g/mol. The van der Waals surface area contributed by atoms with E-state index in [1.807, 2.05) is 0 Å². The minimum atomic E-state index is -0.719. The van der Waals surface area contributed by atoms with Crippen LogP contribution in [0.2, 0.25) is 0 Å². The van der Waals surface area contributed by atoms with Crippen molar-refractivity contribution in [2.24, 2.45) is 5.41 Å². The third-order valence-electron chi connectivity index (χ3n) is 6.68. The Morgan fingerprint density at radius 2 is 1.62 bits per heavy atom. The van der Waals surface area contributed by atoms with Crippen molar-refractivity contribution < 1.29 is 24.0 Å². The monoisotopic (exact) mass is 362 g/mol. The number of amides is 7. The quantitative estimate of drug-likeness (QED) is 0.538. The number of carbonyl (C=O) groups is 5. The first-order valence-corrected chi connectivity index (χ1v) is 8.91. The molecule has 26 heavy (non-hydrogen) atoms. The zero-order valence-corrected chi connectivity index (χ0v) is 14.9. The molecule has 0 aromatic carbocycles. The Morgan fingerprint density at radius 1 is 1.00 bits per heavy atom. The van der Waals surface area contributed by atoms with E-state index in [4.69, 9.17) is 0 Å². The van der Waals surface area contributed by atoms with E-state index >= 15 is 0 Å². The van der Waals surface area contributed by atoms with Crippen LogP contribution in [0.5, 0.6) is 0 Å². The van der Waals surface area contributed by atoms with Crippen molar-refractivity contribution in [1.29, 1.82) is 0 Å². The molecule has 0 atom stereocenters. The first-order valence-electron chi connectivity index (χ1n) is 8.91. The fraction of sp³-hybridized carbons (Fsp3) is 0.706. The average Bonchev–Trinajstić information content (AvgIpc) is 2.71. The maximum atomic E-state index is 12.5. The van der Waals surface area contributed by atoms with Crippen molar-refractivity contribution in [3.8, 4) is 0 Å². The van der Waals surface area contributed by atoms with Gasteiger partial charge in [-0.05, 0) is 43.9 Å². The van der Waals surface area contributed by atoms with E-state index in [0.29, 0.717) is 25.7 Å². The maximum absolute atomic E-state index is 12.5. The predicted octanol–water partition coefficient (Wildman–Crippen LogP) is 0.440. The molecule has 9 nitrogen and oxygen atoms in total. The number of likely N-dealkylation sites (N-methyl/N-ethyl adjacent to an activating group) is 2. The lowest BCUT2D eigenvalue weighted by atomic mass is 9.51. The van der Waals surface area contributed by atoms with E-state index in [0.717, 1.165) is 12.8 Å². The van der Waals surface area contributed by atoms with Crippen LogP contribution in [0.25, 0.3) is 0 Å². The highest BCUT2D eigenvalue weighted by molar-refractivity contribution is 6.14. The molecular weight excluding hydrogens is 340 g/mol. The van der Waals surface area contributed by atoms with Crippen LogP contribution in [-0.4, -0.2) is 70.2 Å². The Kier molecular flexibility index (Phi) is 3.45. The summed E-state index contributed by atoms with van der Waals surface area (Å²) in [5, 5.41) is 2.20. The molecule has 1 N–H and O–H groups in total. The molecule has 0 unspecified atom stereocenters. The van der Waals surface area contributed by atoms with Gasteiger partial charge in [-0.2, -0.15) is 0 Å². The van der Waals surface area contributed by atoms with Crippen molar-refractivity contribution in [2.75, 3.05) is 14.1 Å². The second kappa shape index (κ2) is 5.28. The Labute approximate surface area is 150 Å². The van der Waals surface area contributed by atoms with Crippen molar-refractivity contribution in [3.63, 3.8) is 0 Å². The standard InChI is InChI=1S/C17H22N4O5/c1-19-13(24)17(20(2)15(19)26)8-16(9-17)5-3-10(4-6-16)21-12(23)7-11(22)18-14(21)25/h10H,3-9H2,1-2H3,(H,18,22,25). The number of rotatable bonds is 1. The highest BCUT2D eigenvalue weighted by Gasteiger charge is 2.67. The SMILES string of the molecule is CN1C(=O)N(C)C2(CC3(CCC(N4C(=O)CC(=O)NC4=O)CC3)C2)C1=O. The highest BCUT2D eigenvalue weighted by Crippen LogP contribution is 2.60. The fourth-order valence-electron chi connectivity index (χ4n) is 5.28. The molecule has 9 heteroatoms. The zero-order chi connectivity index (χ0) is 18.9. The molecule has 7 amide bonds. The molecule has 4 fully saturated rings. The number of nitrogens with zero attached hydrogens (tertiary/aromatic N) is 3. The van der Waals surface area contributed by atoms with Gasteiger partial charge in [0.15, 0.2) is 0 Å². The summed E-state index contributed by atoms with van der Waals surface area (Å²) in [4.78, 5) is 63.9. The topological polar surface area (TPSA) is 107 Å². The highest BCUT2D eigenvalue weighted by atomic mass is 16.2. The molecule has 2 aliphatic carbocycles. The molecule has 4 rings (SSSR count). The first-order chi connectivity index (χ1) is 12.2. The van der Waals surface area contributed by atoms with E-state index < -0.39 is 23.4 Å². The number of barbiturate groups is 1. The third-order valence-corrected chi connectivity index (χ3v) is 6.68. The molecule has 0 aromatic heterocycles. The number of hydrogen-bond acceptors (Lipinski definition) is 5. The molecule has 0 bridgehead atoms. The van der Waals surface area contributed by atoms with Gasteiger partial charge in [0.25, 0.3) is 5.91 Å². The summed E-state index contributed by atoms with van der Waals surface area (Å²) < 4.78 is 0.